The molecule has 0 saturated heterocycles. The Morgan fingerprint density at radius 2 is 0.438 bits per heavy atom. The highest BCUT2D eigenvalue weighted by Gasteiger charge is 2.23. The van der Waals surface area contributed by atoms with Gasteiger partial charge in [0.25, 0.3) is 0 Å². The predicted octanol–water partition coefficient (Wildman–Crippen LogP) is -5.37. The quantitative estimate of drug-likeness (QED) is 0.00630. The van der Waals surface area contributed by atoms with Gasteiger partial charge in [0.15, 0.2) is 74.7 Å². The molecule has 0 fully saturated rings. The SMILES string of the molecule is O=C(C=C(CC(=O)OCOCO)C(=O)OCOCO)OCOCOC(=O)C=C(CC(=O)OCOCOC(=O)C=C(CC(=O)OCOCO)C(=O)OCOCO)C(=O)OCOCOC(=O)C=C(CC(=O)OCOO)C(=O)OCOCO. The molecule has 0 aromatic heterocycles. The molecule has 0 bridgehead atoms. The lowest BCUT2D eigenvalue weighted by Gasteiger charge is -2.11. The van der Waals surface area contributed by atoms with Crippen molar-refractivity contribution in [1.29, 1.82) is 0 Å². The van der Waals surface area contributed by atoms with Crippen molar-refractivity contribution in [1.82, 2.24) is 0 Å². The second-order valence-corrected chi connectivity index (χ2v) is 12.9. The number of ether oxygens (including phenoxy) is 20. The molecule has 0 aliphatic rings. The summed E-state index contributed by atoms with van der Waals surface area (Å²) in [5, 5.41) is 51.7. The Morgan fingerprint density at radius 3 is 0.662 bits per heavy atom. The third-order valence-corrected chi connectivity index (χ3v) is 7.43. The Kier molecular flexibility index (Phi) is 42.3. The van der Waals surface area contributed by atoms with E-state index >= 15 is 0 Å². The van der Waals surface area contributed by atoms with Crippen molar-refractivity contribution < 1.29 is 188 Å². The number of esters is 12. The van der Waals surface area contributed by atoms with Crippen LogP contribution in [0.4, 0.5) is 0 Å². The number of hydrogen-bond acceptors (Lipinski definition) is 39. The topological polar surface area (TPSA) is 520 Å². The number of aliphatic hydroxyl groups excluding tert-OH is 5. The summed E-state index contributed by atoms with van der Waals surface area (Å²) in [6.45, 7) is -15.4. The first-order valence-corrected chi connectivity index (χ1v) is 21.2. The smallest absolute Gasteiger partial charge is 0.336 e. The van der Waals surface area contributed by atoms with Crippen LogP contribution in [0.15, 0.2) is 46.6 Å². The lowest BCUT2D eigenvalue weighted by atomic mass is 10.2. The van der Waals surface area contributed by atoms with Crippen LogP contribution in [0.3, 0.4) is 0 Å². The number of carbonyl (C=O) groups is 12. The van der Waals surface area contributed by atoms with Crippen LogP contribution >= 0.6 is 0 Å². The standard InChI is InChI=1S/C41H52O39/c42-9-60-14-68-30(47)1-26(38(55)76-16-62-11-44)3-32(49)70-19-65-21-72-34(51)5-28(41(58)79-24-67-23-74-36(53)7-29(8-37(54)75-25-80-59)40(57)78-18-64-13-46)6-35(52)73-22-66-20-71-33(50)4-27(39(56)77-17-63-12-45)2-31(48)69-15-61-10-43/h3-5,7,42-46,59H,1-2,6,8-25H2. The lowest BCUT2D eigenvalue weighted by molar-refractivity contribution is -0.289. The highest BCUT2D eigenvalue weighted by Crippen LogP contribution is 2.12. The van der Waals surface area contributed by atoms with E-state index in [2.05, 4.69) is 61.7 Å². The van der Waals surface area contributed by atoms with Gasteiger partial charge in [-0.25, -0.2) is 43.6 Å². The monoisotopic (exact) mass is 1170 g/mol. The summed E-state index contributed by atoms with van der Waals surface area (Å²) in [7, 11) is 0. The number of hydrogen-bond donors (Lipinski definition) is 6. The molecule has 39 heteroatoms. The second kappa shape index (κ2) is 47.0. The zero-order valence-electron chi connectivity index (χ0n) is 41.3. The van der Waals surface area contributed by atoms with Gasteiger partial charge in [0.1, 0.15) is 34.0 Å². The molecule has 0 atom stereocenters. The predicted molar refractivity (Wildman–Crippen MR) is 230 cm³/mol. The van der Waals surface area contributed by atoms with Crippen molar-refractivity contribution in [3.8, 4) is 0 Å². The summed E-state index contributed by atoms with van der Waals surface area (Å²) >= 11 is 0. The number of rotatable bonds is 45. The lowest BCUT2D eigenvalue weighted by Crippen LogP contribution is -2.20. The molecule has 6 N–H and O–H groups in total. The average molecular weight is 1170 g/mol. The maximum atomic E-state index is 13.0. The van der Waals surface area contributed by atoms with Crippen molar-refractivity contribution in [2.45, 2.75) is 25.7 Å². The molecule has 450 valence electrons. The molecule has 80 heavy (non-hydrogen) atoms. The summed E-state index contributed by atoms with van der Waals surface area (Å²) in [4.78, 5) is 152. The molecule has 0 spiro atoms. The Bertz CT molecular complexity index is 2110. The molecule has 0 aliphatic heterocycles. The van der Waals surface area contributed by atoms with Crippen molar-refractivity contribution >= 4 is 71.6 Å². The van der Waals surface area contributed by atoms with E-state index in [9.17, 15) is 57.5 Å². The first-order valence-electron chi connectivity index (χ1n) is 21.2. The fraction of sp³-hybridized carbons (Fsp3) is 0.512. The molecule has 0 heterocycles. The first-order chi connectivity index (χ1) is 38.4. The summed E-state index contributed by atoms with van der Waals surface area (Å²) in [5.41, 5.74) is -2.90. The molecular formula is C41H52O39. The summed E-state index contributed by atoms with van der Waals surface area (Å²) < 4.78 is 92.5. The Balaban J connectivity index is 5.91. The third kappa shape index (κ3) is 38.5. The van der Waals surface area contributed by atoms with Gasteiger partial charge in [-0.1, -0.05) is 0 Å². The normalized spacial score (nSPS) is 11.5. The van der Waals surface area contributed by atoms with E-state index in [0.717, 1.165) is 0 Å². The summed E-state index contributed by atoms with van der Waals surface area (Å²) in [6, 6.07) is 0. The minimum Gasteiger partial charge on any atom is -0.438 e. The zero-order chi connectivity index (χ0) is 59.8. The first kappa shape index (κ1) is 72.0. The molecule has 0 unspecified atom stereocenters. The van der Waals surface area contributed by atoms with E-state index < -0.39 is 235 Å². The van der Waals surface area contributed by atoms with Crippen LogP contribution in [-0.4, -0.2) is 218 Å². The molecule has 0 radical (unpaired) electrons. The van der Waals surface area contributed by atoms with Crippen LogP contribution in [0.2, 0.25) is 0 Å². The van der Waals surface area contributed by atoms with Crippen LogP contribution < -0.4 is 0 Å². The van der Waals surface area contributed by atoms with E-state index in [-0.39, 0.29) is 0 Å². The van der Waals surface area contributed by atoms with Gasteiger partial charge in [0.05, 0.1) is 48.0 Å². The van der Waals surface area contributed by atoms with E-state index in [4.69, 9.17) is 68.7 Å². The van der Waals surface area contributed by atoms with Crippen LogP contribution in [-0.2, 0) is 157 Å². The van der Waals surface area contributed by atoms with Gasteiger partial charge in [0, 0.05) is 24.3 Å². The minimum atomic E-state index is -1.52. The third-order valence-electron chi connectivity index (χ3n) is 7.43. The van der Waals surface area contributed by atoms with E-state index in [1.807, 2.05) is 0 Å². The molecule has 0 aromatic rings. The fourth-order valence-electron chi connectivity index (χ4n) is 4.14. The van der Waals surface area contributed by atoms with Crippen molar-refractivity contribution in [3.63, 3.8) is 0 Å². The number of aliphatic hydroxyl groups is 5. The molecule has 0 aliphatic carbocycles. The highest BCUT2D eigenvalue weighted by atomic mass is 17.1. The molecule has 39 nitrogen and oxygen atoms in total. The van der Waals surface area contributed by atoms with Crippen LogP contribution in [0.1, 0.15) is 25.7 Å². The Labute approximate surface area is 447 Å². The van der Waals surface area contributed by atoms with Gasteiger partial charge in [-0.2, -0.15) is 4.89 Å². The second-order valence-electron chi connectivity index (χ2n) is 12.9. The van der Waals surface area contributed by atoms with Gasteiger partial charge in [-0.15, -0.1) is 0 Å². The largest absolute Gasteiger partial charge is 0.438 e. The number of carbonyl (C=O) groups excluding carboxylic acids is 12. The molecule has 0 aromatic carbocycles. The minimum absolute atomic E-state index is 0.364. The summed E-state index contributed by atoms with van der Waals surface area (Å²) in [6.07, 6.45) is -2.15. The van der Waals surface area contributed by atoms with E-state index in [1.165, 1.54) is 0 Å². The Morgan fingerprint density at radius 1 is 0.250 bits per heavy atom. The van der Waals surface area contributed by atoms with Gasteiger partial charge < -0.3 is 120 Å². The van der Waals surface area contributed by atoms with Crippen molar-refractivity contribution in [3.05, 3.63) is 46.6 Å². The summed E-state index contributed by atoms with van der Waals surface area (Å²) in [5.74, 6) is -15.8. The van der Waals surface area contributed by atoms with Crippen LogP contribution in [0.25, 0.3) is 0 Å². The van der Waals surface area contributed by atoms with E-state index in [0.29, 0.717) is 24.3 Å². The van der Waals surface area contributed by atoms with Crippen molar-refractivity contribution in [2.24, 2.45) is 0 Å². The van der Waals surface area contributed by atoms with Crippen LogP contribution in [0.5, 0.6) is 0 Å². The Hall–Kier alpha value is -8.00. The maximum absolute atomic E-state index is 13.0. The van der Waals surface area contributed by atoms with E-state index in [1.54, 1.807) is 0 Å². The van der Waals surface area contributed by atoms with Crippen LogP contribution in [0, 0.1) is 0 Å². The fourth-order valence-corrected chi connectivity index (χ4v) is 4.14. The van der Waals surface area contributed by atoms with Crippen molar-refractivity contribution in [2.75, 3.05) is 115 Å². The molecule has 0 amide bonds. The molecular weight excluding hydrogens is 1120 g/mol. The van der Waals surface area contributed by atoms with Gasteiger partial charge in [-0.05, 0) is 0 Å². The molecule has 0 rings (SSSR count). The van der Waals surface area contributed by atoms with Gasteiger partial charge in [0.2, 0.25) is 6.79 Å². The highest BCUT2D eigenvalue weighted by molar-refractivity contribution is 6.02. The maximum Gasteiger partial charge on any atom is 0.336 e. The average Bonchev–Trinajstić information content (AvgIpc) is 3.41. The van der Waals surface area contributed by atoms with Gasteiger partial charge in [-0.3, -0.25) is 19.2 Å². The zero-order valence-corrected chi connectivity index (χ0v) is 41.3. The van der Waals surface area contributed by atoms with Gasteiger partial charge >= 0.3 is 71.6 Å². The molecule has 0 saturated carbocycles.